The number of fused-ring (bicyclic) bond motifs is 4. The van der Waals surface area contributed by atoms with Gasteiger partial charge in [-0.15, -0.1) is 0 Å². The minimum atomic E-state index is -0.279. The van der Waals surface area contributed by atoms with E-state index < -0.39 is 0 Å². The Morgan fingerprint density at radius 1 is 0.510 bits per heavy atom. The summed E-state index contributed by atoms with van der Waals surface area (Å²) < 4.78 is 6.90. The molecule has 9 rings (SSSR count). The molecule has 2 aliphatic rings. The van der Waals surface area contributed by atoms with Gasteiger partial charge in [-0.25, -0.2) is 0 Å². The van der Waals surface area contributed by atoms with E-state index in [-0.39, 0.29) is 5.41 Å². The maximum Gasteiger partial charge on any atom is 0.153 e. The highest BCUT2D eigenvalue weighted by Crippen LogP contribution is 2.61. The van der Waals surface area contributed by atoms with Crippen LogP contribution in [0.15, 0.2) is 164 Å². The van der Waals surface area contributed by atoms with Gasteiger partial charge in [-0.1, -0.05) is 135 Å². The second-order valence-corrected chi connectivity index (χ2v) is 13.5. The van der Waals surface area contributed by atoms with Crippen molar-refractivity contribution in [3.8, 4) is 33.8 Å². The highest BCUT2D eigenvalue weighted by molar-refractivity contribution is 5.97. The summed E-state index contributed by atoms with van der Waals surface area (Å²) in [4.78, 5) is 4.82. The third kappa shape index (κ3) is 4.65. The number of aryl methyl sites for hydroxylation is 1. The molecule has 0 saturated carbocycles. The van der Waals surface area contributed by atoms with Gasteiger partial charge < -0.3 is 14.5 Å². The first-order valence-electron chi connectivity index (χ1n) is 16.9. The molecule has 0 aromatic heterocycles. The third-order valence-electron chi connectivity index (χ3n) is 10.1. The summed E-state index contributed by atoms with van der Waals surface area (Å²) in [6, 6.07) is 58.6. The number of para-hydroxylation sites is 3. The Balaban J connectivity index is 1.30. The first kappa shape index (κ1) is 29.1. The average Bonchev–Trinajstić information content (AvgIpc) is 3.15. The SMILES string of the molecule is Cc1cccc2c1N1c3ccccc3C(C)(C)c3cc(N(c4ccc(-c5ccccc5)cc4)c4ccccc4-c4ccccc4)cc(c31)O2. The standard InChI is InChI=1S/C46H36N2O/c1-31-15-14-24-42-44(31)48-41-23-13-11-21-38(41)46(2,3)39-29-36(30-43(49-42)45(39)48)47(35-27-25-33(26-28-35)32-16-6-4-7-17-32)40-22-12-10-20-37(40)34-18-8-5-9-19-34/h4-30H,1-3H3. The van der Waals surface area contributed by atoms with Crippen molar-refractivity contribution in [2.45, 2.75) is 26.2 Å². The van der Waals surface area contributed by atoms with E-state index in [2.05, 4.69) is 194 Å². The molecule has 0 fully saturated rings. The summed E-state index contributed by atoms with van der Waals surface area (Å²) in [6.45, 7) is 6.85. The number of nitrogens with zero attached hydrogens (tertiary/aromatic N) is 2. The van der Waals surface area contributed by atoms with Crippen LogP contribution in [-0.4, -0.2) is 0 Å². The fraction of sp³-hybridized carbons (Fsp3) is 0.0870. The molecular formula is C46H36N2O. The van der Waals surface area contributed by atoms with Gasteiger partial charge in [-0.2, -0.15) is 0 Å². The Hall–Kier alpha value is -6.06. The van der Waals surface area contributed by atoms with Crippen LogP contribution in [0, 0.1) is 6.92 Å². The van der Waals surface area contributed by atoms with E-state index in [4.69, 9.17) is 4.74 Å². The van der Waals surface area contributed by atoms with E-state index >= 15 is 0 Å². The molecule has 236 valence electrons. The summed E-state index contributed by atoms with van der Waals surface area (Å²) in [7, 11) is 0. The molecule has 0 saturated heterocycles. The largest absolute Gasteiger partial charge is 0.453 e. The molecule has 0 amide bonds. The van der Waals surface area contributed by atoms with E-state index in [0.29, 0.717) is 0 Å². The molecular weight excluding hydrogens is 597 g/mol. The normalized spacial score (nSPS) is 13.5. The van der Waals surface area contributed by atoms with Gasteiger partial charge in [0.15, 0.2) is 11.5 Å². The fourth-order valence-corrected chi connectivity index (χ4v) is 7.71. The van der Waals surface area contributed by atoms with Crippen LogP contribution in [0.25, 0.3) is 22.3 Å². The van der Waals surface area contributed by atoms with Gasteiger partial charge in [0, 0.05) is 22.7 Å². The van der Waals surface area contributed by atoms with Gasteiger partial charge in [0.25, 0.3) is 0 Å². The van der Waals surface area contributed by atoms with Crippen molar-refractivity contribution in [1.82, 2.24) is 0 Å². The fourth-order valence-electron chi connectivity index (χ4n) is 7.71. The maximum atomic E-state index is 6.90. The number of ether oxygens (including phenoxy) is 1. The Bertz CT molecular complexity index is 2340. The second-order valence-electron chi connectivity index (χ2n) is 13.5. The lowest BCUT2D eigenvalue weighted by atomic mass is 9.72. The van der Waals surface area contributed by atoms with Crippen molar-refractivity contribution in [3.05, 3.63) is 180 Å². The highest BCUT2D eigenvalue weighted by Gasteiger charge is 2.42. The zero-order valence-corrected chi connectivity index (χ0v) is 27.9. The Morgan fingerprint density at radius 3 is 1.94 bits per heavy atom. The lowest BCUT2D eigenvalue weighted by Gasteiger charge is -2.46. The lowest BCUT2D eigenvalue weighted by Crippen LogP contribution is -2.33. The van der Waals surface area contributed by atoms with Crippen LogP contribution in [0.5, 0.6) is 11.5 Å². The number of rotatable bonds is 5. The first-order chi connectivity index (χ1) is 24.0. The van der Waals surface area contributed by atoms with E-state index in [0.717, 1.165) is 45.5 Å². The number of hydrogen-bond donors (Lipinski definition) is 0. The lowest BCUT2D eigenvalue weighted by molar-refractivity contribution is 0.471. The third-order valence-corrected chi connectivity index (χ3v) is 10.1. The van der Waals surface area contributed by atoms with Gasteiger partial charge >= 0.3 is 0 Å². The summed E-state index contributed by atoms with van der Waals surface area (Å²) >= 11 is 0. The molecule has 0 spiro atoms. The Morgan fingerprint density at radius 2 is 1.16 bits per heavy atom. The van der Waals surface area contributed by atoms with Gasteiger partial charge in [0.1, 0.15) is 0 Å². The van der Waals surface area contributed by atoms with Gasteiger partial charge in [0.2, 0.25) is 0 Å². The van der Waals surface area contributed by atoms with Crippen LogP contribution >= 0.6 is 0 Å². The first-order valence-corrected chi connectivity index (χ1v) is 16.9. The highest BCUT2D eigenvalue weighted by atomic mass is 16.5. The van der Waals surface area contributed by atoms with Crippen LogP contribution in [0.4, 0.5) is 34.1 Å². The van der Waals surface area contributed by atoms with E-state index in [1.54, 1.807) is 0 Å². The quantitative estimate of drug-likeness (QED) is 0.188. The van der Waals surface area contributed by atoms with Crippen molar-refractivity contribution in [3.63, 3.8) is 0 Å². The molecule has 7 aromatic rings. The van der Waals surface area contributed by atoms with Crippen LogP contribution in [0.2, 0.25) is 0 Å². The number of anilines is 6. The Kier molecular flexibility index (Phi) is 6.70. The molecule has 0 N–H and O–H groups in total. The molecule has 2 aliphatic heterocycles. The summed E-state index contributed by atoms with van der Waals surface area (Å²) in [5.41, 5.74) is 14.8. The predicted molar refractivity (Wildman–Crippen MR) is 204 cm³/mol. The van der Waals surface area contributed by atoms with Crippen molar-refractivity contribution in [1.29, 1.82) is 0 Å². The summed E-state index contributed by atoms with van der Waals surface area (Å²) in [5, 5.41) is 0. The molecule has 2 heterocycles. The van der Waals surface area contributed by atoms with Gasteiger partial charge in [-0.3, -0.25) is 0 Å². The maximum absolute atomic E-state index is 6.90. The van der Waals surface area contributed by atoms with Gasteiger partial charge in [0.05, 0.1) is 28.4 Å². The zero-order chi connectivity index (χ0) is 33.1. The van der Waals surface area contributed by atoms with E-state index in [9.17, 15) is 0 Å². The second kappa shape index (κ2) is 11.3. The average molecular weight is 633 g/mol. The number of hydrogen-bond acceptors (Lipinski definition) is 3. The van der Waals surface area contributed by atoms with Crippen LogP contribution in [0.3, 0.4) is 0 Å². The minimum Gasteiger partial charge on any atom is -0.453 e. The minimum absolute atomic E-state index is 0.279. The van der Waals surface area contributed by atoms with Crippen molar-refractivity contribution >= 4 is 34.1 Å². The zero-order valence-electron chi connectivity index (χ0n) is 27.9. The van der Waals surface area contributed by atoms with E-state index in [1.807, 2.05) is 0 Å². The molecule has 0 unspecified atom stereocenters. The molecule has 0 atom stereocenters. The Labute approximate surface area is 288 Å². The summed E-state index contributed by atoms with van der Waals surface area (Å²) in [5.74, 6) is 1.73. The monoisotopic (exact) mass is 632 g/mol. The predicted octanol–water partition coefficient (Wildman–Crippen LogP) is 13.0. The van der Waals surface area contributed by atoms with Crippen molar-refractivity contribution in [2.75, 3.05) is 9.80 Å². The number of benzene rings is 7. The van der Waals surface area contributed by atoms with Crippen LogP contribution in [-0.2, 0) is 5.41 Å². The summed E-state index contributed by atoms with van der Waals surface area (Å²) in [6.07, 6.45) is 0. The molecule has 49 heavy (non-hydrogen) atoms. The topological polar surface area (TPSA) is 15.7 Å². The molecule has 0 bridgehead atoms. The van der Waals surface area contributed by atoms with Gasteiger partial charge in [-0.05, 0) is 76.7 Å². The van der Waals surface area contributed by atoms with Crippen molar-refractivity contribution < 1.29 is 4.74 Å². The molecule has 3 nitrogen and oxygen atoms in total. The van der Waals surface area contributed by atoms with Crippen LogP contribution in [0.1, 0.15) is 30.5 Å². The van der Waals surface area contributed by atoms with E-state index in [1.165, 1.54) is 39.1 Å². The molecule has 3 heteroatoms. The van der Waals surface area contributed by atoms with Crippen molar-refractivity contribution in [2.24, 2.45) is 0 Å². The molecule has 7 aromatic carbocycles. The van der Waals surface area contributed by atoms with Crippen LogP contribution < -0.4 is 14.5 Å². The molecule has 0 radical (unpaired) electrons. The molecule has 0 aliphatic carbocycles. The smallest absolute Gasteiger partial charge is 0.153 e.